The summed E-state index contributed by atoms with van der Waals surface area (Å²) in [5.74, 6) is -0.991. The number of hydrogen-bond donors (Lipinski definition) is 2. The molecule has 0 atom stereocenters. The predicted octanol–water partition coefficient (Wildman–Crippen LogP) is 1.93. The number of carbonyl (C=O) groups excluding carboxylic acids is 2. The number of nitrogens with zero attached hydrogens (tertiary/aromatic N) is 1. The average molecular weight is 327 g/mol. The van der Waals surface area contributed by atoms with Crippen LogP contribution < -0.4 is 10.6 Å². The van der Waals surface area contributed by atoms with Gasteiger partial charge in [-0.25, -0.2) is 0 Å². The van der Waals surface area contributed by atoms with Crippen molar-refractivity contribution in [2.75, 3.05) is 13.6 Å². The lowest BCUT2D eigenvalue weighted by atomic mass is 10.1. The third kappa shape index (κ3) is 4.16. The third-order valence-electron chi connectivity index (χ3n) is 3.47. The lowest BCUT2D eigenvalue weighted by Gasteiger charge is -2.07. The summed E-state index contributed by atoms with van der Waals surface area (Å²) in [6.45, 7) is 0.358. The first-order valence-corrected chi connectivity index (χ1v) is 7.35. The van der Waals surface area contributed by atoms with E-state index < -0.39 is 22.4 Å². The van der Waals surface area contributed by atoms with E-state index in [1.807, 2.05) is 30.3 Å². The Morgan fingerprint density at radius 2 is 1.79 bits per heavy atom. The second kappa shape index (κ2) is 7.87. The third-order valence-corrected chi connectivity index (χ3v) is 3.47. The Kier molecular flexibility index (Phi) is 5.62. The van der Waals surface area contributed by atoms with Gasteiger partial charge in [0.05, 0.1) is 4.92 Å². The normalized spacial score (nSPS) is 10.0. The van der Waals surface area contributed by atoms with E-state index in [0.29, 0.717) is 13.0 Å². The molecule has 0 saturated carbocycles. The lowest BCUT2D eigenvalue weighted by Crippen LogP contribution is -2.26. The van der Waals surface area contributed by atoms with E-state index in [1.54, 1.807) is 0 Å². The lowest BCUT2D eigenvalue weighted by molar-refractivity contribution is -0.385. The molecule has 7 nitrogen and oxygen atoms in total. The molecule has 0 aliphatic heterocycles. The summed E-state index contributed by atoms with van der Waals surface area (Å²) in [5, 5.41) is 16.2. The van der Waals surface area contributed by atoms with Gasteiger partial charge in [0, 0.05) is 25.2 Å². The van der Waals surface area contributed by atoms with Gasteiger partial charge < -0.3 is 10.6 Å². The fraction of sp³-hybridized carbons (Fsp3) is 0.176. The Morgan fingerprint density at radius 1 is 1.08 bits per heavy atom. The number of amides is 2. The first kappa shape index (κ1) is 17.1. The van der Waals surface area contributed by atoms with Crippen LogP contribution in [0.4, 0.5) is 5.69 Å². The van der Waals surface area contributed by atoms with E-state index in [-0.39, 0.29) is 11.1 Å². The molecular formula is C17H17N3O4. The summed E-state index contributed by atoms with van der Waals surface area (Å²) in [7, 11) is 1.43. The Balaban J connectivity index is 2.10. The molecule has 24 heavy (non-hydrogen) atoms. The monoisotopic (exact) mass is 327 g/mol. The van der Waals surface area contributed by atoms with Gasteiger partial charge in [0.15, 0.2) is 0 Å². The second-order valence-electron chi connectivity index (χ2n) is 5.06. The quantitative estimate of drug-likeness (QED) is 0.625. The SMILES string of the molecule is CNC(=O)c1ccc(C(=O)NCCc2ccccc2)c([N+](=O)[O-])c1. The van der Waals surface area contributed by atoms with Crippen LogP contribution in [0.5, 0.6) is 0 Å². The minimum atomic E-state index is -0.668. The van der Waals surface area contributed by atoms with E-state index in [0.717, 1.165) is 11.6 Å². The zero-order valence-corrected chi connectivity index (χ0v) is 13.1. The van der Waals surface area contributed by atoms with Crippen molar-refractivity contribution in [3.05, 3.63) is 75.3 Å². The maximum atomic E-state index is 12.2. The zero-order chi connectivity index (χ0) is 17.5. The van der Waals surface area contributed by atoms with Crippen molar-refractivity contribution in [2.45, 2.75) is 6.42 Å². The molecule has 0 aliphatic rings. The highest BCUT2D eigenvalue weighted by Gasteiger charge is 2.22. The van der Waals surface area contributed by atoms with Gasteiger partial charge in [-0.1, -0.05) is 30.3 Å². The number of carbonyl (C=O) groups is 2. The topological polar surface area (TPSA) is 101 Å². The van der Waals surface area contributed by atoms with Gasteiger partial charge in [0.2, 0.25) is 0 Å². The Morgan fingerprint density at radius 3 is 2.42 bits per heavy atom. The molecule has 0 spiro atoms. The highest BCUT2D eigenvalue weighted by molar-refractivity contribution is 6.01. The zero-order valence-electron chi connectivity index (χ0n) is 13.1. The van der Waals surface area contributed by atoms with E-state index in [2.05, 4.69) is 10.6 Å². The van der Waals surface area contributed by atoms with Crippen molar-refractivity contribution >= 4 is 17.5 Å². The van der Waals surface area contributed by atoms with Gasteiger partial charge in [0.1, 0.15) is 5.56 Å². The van der Waals surface area contributed by atoms with Gasteiger partial charge in [-0.2, -0.15) is 0 Å². The second-order valence-corrected chi connectivity index (χ2v) is 5.06. The van der Waals surface area contributed by atoms with Crippen LogP contribution in [0.25, 0.3) is 0 Å². The van der Waals surface area contributed by atoms with Gasteiger partial charge in [-0.05, 0) is 24.1 Å². The van der Waals surface area contributed by atoms with Crippen LogP contribution in [-0.4, -0.2) is 30.3 Å². The number of nitro benzene ring substituents is 1. The molecule has 0 fully saturated rings. The molecule has 2 aromatic rings. The minimum absolute atomic E-state index is 0.0688. The van der Waals surface area contributed by atoms with Gasteiger partial charge >= 0.3 is 0 Å². The first-order valence-electron chi connectivity index (χ1n) is 7.35. The highest BCUT2D eigenvalue weighted by Crippen LogP contribution is 2.20. The Labute approximate surface area is 138 Å². The van der Waals surface area contributed by atoms with Crippen molar-refractivity contribution in [3.8, 4) is 0 Å². The maximum absolute atomic E-state index is 12.2. The van der Waals surface area contributed by atoms with Crippen molar-refractivity contribution in [1.82, 2.24) is 10.6 Å². The van der Waals surface area contributed by atoms with Crippen LogP contribution in [0.2, 0.25) is 0 Å². The molecule has 0 aliphatic carbocycles. The number of hydrogen-bond acceptors (Lipinski definition) is 4. The van der Waals surface area contributed by atoms with Crippen LogP contribution in [0, 0.1) is 10.1 Å². The molecule has 2 N–H and O–H groups in total. The number of nitro groups is 1. The fourth-order valence-corrected chi connectivity index (χ4v) is 2.22. The standard InChI is InChI=1S/C17H17N3O4/c1-18-16(21)13-7-8-14(15(11-13)20(23)24)17(22)19-10-9-12-5-3-2-4-6-12/h2-8,11H,9-10H2,1H3,(H,18,21)(H,19,22). The van der Waals surface area contributed by atoms with Crippen molar-refractivity contribution in [3.63, 3.8) is 0 Å². The molecule has 7 heteroatoms. The van der Waals surface area contributed by atoms with Crippen LogP contribution in [0.15, 0.2) is 48.5 Å². The molecule has 0 heterocycles. The van der Waals surface area contributed by atoms with Gasteiger partial charge in [-0.3, -0.25) is 19.7 Å². The molecule has 0 saturated heterocycles. The predicted molar refractivity (Wildman–Crippen MR) is 89.0 cm³/mol. The molecule has 2 amide bonds. The van der Waals surface area contributed by atoms with Crippen LogP contribution in [0.3, 0.4) is 0 Å². The van der Waals surface area contributed by atoms with Crippen LogP contribution in [0.1, 0.15) is 26.3 Å². The first-order chi connectivity index (χ1) is 11.5. The summed E-state index contributed by atoms with van der Waals surface area (Å²) < 4.78 is 0. The molecular weight excluding hydrogens is 310 g/mol. The molecule has 0 bridgehead atoms. The fourth-order valence-electron chi connectivity index (χ4n) is 2.22. The van der Waals surface area contributed by atoms with E-state index in [9.17, 15) is 19.7 Å². The molecule has 2 rings (SSSR count). The summed E-state index contributed by atoms with van der Waals surface area (Å²) >= 11 is 0. The number of benzene rings is 2. The van der Waals surface area contributed by atoms with Gasteiger partial charge in [0.25, 0.3) is 17.5 Å². The number of rotatable bonds is 6. The molecule has 2 aromatic carbocycles. The Hall–Kier alpha value is -3.22. The molecule has 0 unspecified atom stereocenters. The molecule has 124 valence electrons. The van der Waals surface area contributed by atoms with Gasteiger partial charge in [-0.15, -0.1) is 0 Å². The van der Waals surface area contributed by atoms with E-state index in [4.69, 9.17) is 0 Å². The number of nitrogens with one attached hydrogen (secondary N) is 2. The van der Waals surface area contributed by atoms with Crippen LogP contribution in [-0.2, 0) is 6.42 Å². The summed E-state index contributed by atoms with van der Waals surface area (Å²) in [4.78, 5) is 34.3. The largest absolute Gasteiger partial charge is 0.355 e. The molecule has 0 aromatic heterocycles. The van der Waals surface area contributed by atoms with E-state index in [1.165, 1.54) is 19.2 Å². The van der Waals surface area contributed by atoms with Crippen molar-refractivity contribution in [2.24, 2.45) is 0 Å². The smallest absolute Gasteiger partial charge is 0.282 e. The Bertz CT molecular complexity index is 760. The average Bonchev–Trinajstić information content (AvgIpc) is 2.61. The summed E-state index contributed by atoms with van der Waals surface area (Å²) in [5.41, 5.74) is 0.723. The van der Waals surface area contributed by atoms with Crippen molar-refractivity contribution in [1.29, 1.82) is 0 Å². The highest BCUT2D eigenvalue weighted by atomic mass is 16.6. The van der Waals surface area contributed by atoms with Crippen molar-refractivity contribution < 1.29 is 14.5 Å². The summed E-state index contributed by atoms with van der Waals surface area (Å²) in [6.07, 6.45) is 0.622. The van der Waals surface area contributed by atoms with Crippen LogP contribution >= 0.6 is 0 Å². The molecule has 0 radical (unpaired) electrons. The summed E-state index contributed by atoms with van der Waals surface area (Å²) in [6, 6.07) is 13.4. The van der Waals surface area contributed by atoms with E-state index >= 15 is 0 Å². The maximum Gasteiger partial charge on any atom is 0.282 e. The minimum Gasteiger partial charge on any atom is -0.355 e.